The highest BCUT2D eigenvalue weighted by Crippen LogP contribution is 2.15. The zero-order chi connectivity index (χ0) is 14.4. The van der Waals surface area contributed by atoms with Crippen molar-refractivity contribution in [2.24, 2.45) is 5.10 Å². The molecule has 0 bridgehead atoms. The lowest BCUT2D eigenvalue weighted by Gasteiger charge is -2.18. The predicted octanol–water partition coefficient (Wildman–Crippen LogP) is 1.50. The first-order valence-electron chi connectivity index (χ1n) is 6.47. The smallest absolute Gasteiger partial charge is 0.267 e. The minimum atomic E-state index is -0.182. The Morgan fingerprint density at radius 3 is 2.80 bits per heavy atom. The van der Waals surface area contributed by atoms with Gasteiger partial charge in [0.25, 0.3) is 5.91 Å². The number of hydrogen-bond donors (Lipinski definition) is 1. The number of hydrazone groups is 1. The molecule has 0 saturated carbocycles. The van der Waals surface area contributed by atoms with E-state index in [0.717, 1.165) is 5.75 Å². The number of nitrogens with zero attached hydrogens (tertiary/aromatic N) is 2. The van der Waals surface area contributed by atoms with Crippen LogP contribution in [0.15, 0.2) is 40.3 Å². The standard InChI is InChI=1S/C14H17N3O2S/c1-17-13(18)8-7-12(16-17)14(19)15-9-10-20-11-5-3-2-4-6-11/h2-6H,7-10H2,1H3,(H,15,19). The molecule has 1 N–H and O–H groups in total. The first kappa shape index (κ1) is 14.6. The maximum absolute atomic E-state index is 11.9. The van der Waals surface area contributed by atoms with Crippen LogP contribution in [0.25, 0.3) is 0 Å². The molecular formula is C14H17N3O2S. The van der Waals surface area contributed by atoms with Crippen LogP contribution in [0.2, 0.25) is 0 Å². The minimum Gasteiger partial charge on any atom is -0.350 e. The molecule has 106 valence electrons. The molecule has 0 unspecified atom stereocenters. The predicted molar refractivity (Wildman–Crippen MR) is 79.6 cm³/mol. The molecule has 0 radical (unpaired) electrons. The molecule has 0 atom stereocenters. The van der Waals surface area contributed by atoms with Gasteiger partial charge in [-0.15, -0.1) is 11.8 Å². The lowest BCUT2D eigenvalue weighted by Crippen LogP contribution is -2.38. The molecule has 1 aromatic rings. The van der Waals surface area contributed by atoms with Crippen LogP contribution in [0.4, 0.5) is 0 Å². The van der Waals surface area contributed by atoms with Crippen LogP contribution in [0.5, 0.6) is 0 Å². The lowest BCUT2D eigenvalue weighted by molar-refractivity contribution is -0.130. The summed E-state index contributed by atoms with van der Waals surface area (Å²) in [4.78, 5) is 24.3. The zero-order valence-electron chi connectivity index (χ0n) is 11.3. The van der Waals surface area contributed by atoms with Crippen LogP contribution in [0, 0.1) is 0 Å². The second-order valence-electron chi connectivity index (χ2n) is 4.38. The van der Waals surface area contributed by atoms with Gasteiger partial charge in [0.05, 0.1) is 0 Å². The molecule has 2 rings (SSSR count). The Kier molecular flexibility index (Phi) is 5.17. The van der Waals surface area contributed by atoms with Crippen LogP contribution in [-0.2, 0) is 9.59 Å². The van der Waals surface area contributed by atoms with E-state index in [0.29, 0.717) is 25.1 Å². The summed E-state index contributed by atoms with van der Waals surface area (Å²) in [5.41, 5.74) is 0.428. The van der Waals surface area contributed by atoms with Gasteiger partial charge in [-0.05, 0) is 12.1 Å². The van der Waals surface area contributed by atoms with Crippen molar-refractivity contribution in [2.75, 3.05) is 19.3 Å². The number of amides is 2. The lowest BCUT2D eigenvalue weighted by atomic mass is 10.1. The average Bonchev–Trinajstić information content (AvgIpc) is 2.47. The summed E-state index contributed by atoms with van der Waals surface area (Å²) in [7, 11) is 1.57. The van der Waals surface area contributed by atoms with Crippen molar-refractivity contribution in [3.63, 3.8) is 0 Å². The Labute approximate surface area is 122 Å². The number of hydrogen-bond acceptors (Lipinski definition) is 4. The van der Waals surface area contributed by atoms with E-state index in [-0.39, 0.29) is 11.8 Å². The largest absolute Gasteiger partial charge is 0.350 e. The molecule has 1 aliphatic heterocycles. The van der Waals surface area contributed by atoms with Gasteiger partial charge in [-0.3, -0.25) is 9.59 Å². The molecule has 1 aromatic carbocycles. The van der Waals surface area contributed by atoms with Gasteiger partial charge in [0, 0.05) is 37.1 Å². The van der Waals surface area contributed by atoms with E-state index in [1.54, 1.807) is 18.8 Å². The number of carbonyl (C=O) groups is 2. The fourth-order valence-corrected chi connectivity index (χ4v) is 2.57. The minimum absolute atomic E-state index is 0.0545. The van der Waals surface area contributed by atoms with Gasteiger partial charge >= 0.3 is 0 Å². The second-order valence-corrected chi connectivity index (χ2v) is 5.55. The Morgan fingerprint density at radius 2 is 2.10 bits per heavy atom. The highest BCUT2D eigenvalue weighted by Gasteiger charge is 2.21. The molecule has 5 nitrogen and oxygen atoms in total. The maximum Gasteiger partial charge on any atom is 0.267 e. The molecule has 1 heterocycles. The fourth-order valence-electron chi connectivity index (χ4n) is 1.79. The summed E-state index contributed by atoms with van der Waals surface area (Å²) in [6.45, 7) is 0.578. The first-order valence-corrected chi connectivity index (χ1v) is 7.45. The van der Waals surface area contributed by atoms with Gasteiger partial charge in [-0.25, -0.2) is 5.01 Å². The third kappa shape index (κ3) is 4.09. The molecule has 6 heteroatoms. The third-order valence-electron chi connectivity index (χ3n) is 2.87. The summed E-state index contributed by atoms with van der Waals surface area (Å²) in [6, 6.07) is 10.0. The van der Waals surface area contributed by atoms with Crippen molar-refractivity contribution >= 4 is 29.3 Å². The van der Waals surface area contributed by atoms with Crippen LogP contribution >= 0.6 is 11.8 Å². The fraction of sp³-hybridized carbons (Fsp3) is 0.357. The molecule has 0 saturated heterocycles. The zero-order valence-corrected chi connectivity index (χ0v) is 12.2. The molecule has 0 aromatic heterocycles. The number of rotatable bonds is 5. The van der Waals surface area contributed by atoms with E-state index in [9.17, 15) is 9.59 Å². The van der Waals surface area contributed by atoms with Crippen LogP contribution in [0.3, 0.4) is 0 Å². The van der Waals surface area contributed by atoms with Crippen LogP contribution in [0.1, 0.15) is 12.8 Å². The molecule has 2 amide bonds. The highest BCUT2D eigenvalue weighted by molar-refractivity contribution is 7.99. The van der Waals surface area contributed by atoms with Crippen molar-refractivity contribution in [3.8, 4) is 0 Å². The van der Waals surface area contributed by atoms with Gasteiger partial charge in [0.2, 0.25) is 5.91 Å². The summed E-state index contributed by atoms with van der Waals surface area (Å²) in [6.07, 6.45) is 0.766. The Morgan fingerprint density at radius 1 is 1.35 bits per heavy atom. The highest BCUT2D eigenvalue weighted by atomic mass is 32.2. The number of thioether (sulfide) groups is 1. The number of nitrogens with one attached hydrogen (secondary N) is 1. The van der Waals surface area contributed by atoms with E-state index in [1.165, 1.54) is 9.90 Å². The van der Waals surface area contributed by atoms with Crippen molar-refractivity contribution in [1.29, 1.82) is 0 Å². The van der Waals surface area contributed by atoms with Gasteiger partial charge in [-0.2, -0.15) is 5.10 Å². The monoisotopic (exact) mass is 291 g/mol. The van der Waals surface area contributed by atoms with Gasteiger partial charge in [0.15, 0.2) is 0 Å². The van der Waals surface area contributed by atoms with E-state index in [4.69, 9.17) is 0 Å². The topological polar surface area (TPSA) is 61.8 Å². The van der Waals surface area contributed by atoms with E-state index < -0.39 is 0 Å². The van der Waals surface area contributed by atoms with Crippen molar-refractivity contribution < 1.29 is 9.59 Å². The van der Waals surface area contributed by atoms with Crippen molar-refractivity contribution in [1.82, 2.24) is 10.3 Å². The molecular weight excluding hydrogens is 274 g/mol. The molecule has 0 aliphatic carbocycles. The SMILES string of the molecule is CN1N=C(C(=O)NCCSc2ccccc2)CCC1=O. The van der Waals surface area contributed by atoms with E-state index in [1.807, 2.05) is 30.3 Å². The summed E-state index contributed by atoms with van der Waals surface area (Å²) in [5, 5.41) is 8.04. The molecule has 0 fully saturated rings. The van der Waals surface area contributed by atoms with Crippen LogP contribution < -0.4 is 5.32 Å². The Bertz CT molecular complexity index is 516. The third-order valence-corrected chi connectivity index (χ3v) is 3.88. The summed E-state index contributed by atoms with van der Waals surface area (Å²) < 4.78 is 0. The van der Waals surface area contributed by atoms with Gasteiger partial charge in [-0.1, -0.05) is 18.2 Å². The normalized spacial score (nSPS) is 14.9. The number of carbonyl (C=O) groups excluding carboxylic acids is 2. The van der Waals surface area contributed by atoms with Gasteiger partial charge in [0.1, 0.15) is 5.71 Å². The Hall–Kier alpha value is -1.82. The van der Waals surface area contributed by atoms with E-state index >= 15 is 0 Å². The quantitative estimate of drug-likeness (QED) is 0.660. The number of benzene rings is 1. The average molecular weight is 291 g/mol. The van der Waals surface area contributed by atoms with Gasteiger partial charge < -0.3 is 5.32 Å². The summed E-state index contributed by atoms with van der Waals surface area (Å²) in [5.74, 6) is 0.567. The van der Waals surface area contributed by atoms with E-state index in [2.05, 4.69) is 10.4 Å². The summed E-state index contributed by atoms with van der Waals surface area (Å²) >= 11 is 1.69. The van der Waals surface area contributed by atoms with Crippen molar-refractivity contribution in [2.45, 2.75) is 17.7 Å². The van der Waals surface area contributed by atoms with Crippen LogP contribution in [-0.4, -0.2) is 41.9 Å². The molecule has 1 aliphatic rings. The van der Waals surface area contributed by atoms with Crippen molar-refractivity contribution in [3.05, 3.63) is 30.3 Å². The molecule has 20 heavy (non-hydrogen) atoms. The molecule has 0 spiro atoms. The Balaban J connectivity index is 1.73. The second kappa shape index (κ2) is 7.09. The first-order chi connectivity index (χ1) is 9.66. The maximum atomic E-state index is 11.9.